The highest BCUT2D eigenvalue weighted by Gasteiger charge is 2.90. The van der Waals surface area contributed by atoms with E-state index < -0.39 is 0 Å². The molecule has 0 N–H and O–H groups in total. The molecule has 22 atom stereocenters. The lowest BCUT2D eigenvalue weighted by Gasteiger charge is -2.65. The maximum Gasteiger partial charge on any atom is 0.0645 e. The Hall–Kier alpha value is -5.37. The van der Waals surface area contributed by atoms with E-state index in [2.05, 4.69) is 91.3 Å². The predicted octanol–water partition coefficient (Wildman–Crippen LogP) is 18.4. The standard InChI is InChI=1S/C78H48S/c1-74(2,3)11-10-12-68(73(76(7,8)9)67(11)75(4,5)6)77-69-59-51-41-31-23-15-13-14-17-21-19(15)27-35-29(21)39-33-25(17)26-18(14)22-20-16(13)24(23)32-38-28(20)36-30(22)40-34(26)44-43(33)55-49(39)57-47(35)53(45(51)37(27)31)61(69)63(57)71-65(55)66-56(44)50(40)58-48(36)54-46(38)52(42(32)41)60(59)70(77)62(54)64(58)72(66)78(71,77)79-12/h10,15,17,19,21,23,25,31,33,41-44,52,56,60,62,64,66,70,72H,1-9H3. The third kappa shape index (κ3) is 2.09. The van der Waals surface area contributed by atoms with Gasteiger partial charge in [0.15, 0.2) is 0 Å². The molecule has 0 bridgehead atoms. The van der Waals surface area contributed by atoms with Crippen LogP contribution in [0.15, 0.2) is 11.0 Å². The average molecular weight is 1020 g/mol. The SMILES string of the molecule is CC(C)(C)c1cc2c(c(C(C)(C)C)c1C(C)(C)C)C13c4c5c6c7c8c9c%10c%11c%12c%13c%14c%15c(c%16c%13c%10c7c4-%16)C1(S2)C1C%15C2c4c7c%10c%13c%15c%16c%17c%18c%19c%20c%21c%22c%23c(c4c4c%22c%19c%16c%104)C2C%14C%12C%23C%21C%11C9C%20C%18C8C6C%17C%15C5C3C%13C71. The first-order chi connectivity index (χ1) is 38.3. The Morgan fingerprint density at radius 2 is 0.570 bits per heavy atom. The number of fused-ring (bicyclic) bond motifs is 1. The van der Waals surface area contributed by atoms with Gasteiger partial charge in [-0.1, -0.05) is 62.3 Å². The van der Waals surface area contributed by atoms with Crippen molar-refractivity contribution in [2.24, 2.45) is 11.8 Å². The molecule has 22 aliphatic carbocycles. The lowest BCUT2D eigenvalue weighted by molar-refractivity contribution is 0.0333. The molecule has 11 aromatic carbocycles. The zero-order valence-corrected chi connectivity index (χ0v) is 46.3. The van der Waals surface area contributed by atoms with Gasteiger partial charge in [0.25, 0.3) is 0 Å². The summed E-state index contributed by atoms with van der Waals surface area (Å²) in [5, 5.41) is 30.8. The first-order valence-corrected chi connectivity index (χ1v) is 33.2. The summed E-state index contributed by atoms with van der Waals surface area (Å²) in [6.07, 6.45) is 0. The summed E-state index contributed by atoms with van der Waals surface area (Å²) < 4.78 is -0.0193. The van der Waals surface area contributed by atoms with Crippen molar-refractivity contribution in [1.29, 1.82) is 0 Å². The van der Waals surface area contributed by atoms with Crippen LogP contribution in [0.4, 0.5) is 0 Å². The molecular formula is C78H48S. The maximum atomic E-state index is 2.99. The van der Waals surface area contributed by atoms with Crippen LogP contribution in [0, 0.1) is 11.8 Å². The van der Waals surface area contributed by atoms with Crippen molar-refractivity contribution in [3.63, 3.8) is 0 Å². The number of thioether (sulfide) groups is 1. The van der Waals surface area contributed by atoms with Gasteiger partial charge >= 0.3 is 0 Å². The molecule has 0 saturated heterocycles. The van der Waals surface area contributed by atoms with Gasteiger partial charge in [-0.3, -0.25) is 0 Å². The molecule has 1 saturated carbocycles. The van der Waals surface area contributed by atoms with Gasteiger partial charge in [-0.15, -0.1) is 11.8 Å². The third-order valence-corrected chi connectivity index (χ3v) is 34.4. The van der Waals surface area contributed by atoms with Gasteiger partial charge in [-0.05, 0) is 371 Å². The molecule has 79 heavy (non-hydrogen) atoms. The summed E-state index contributed by atoms with van der Waals surface area (Å²) in [6.45, 7) is 23.8. The predicted molar refractivity (Wildman–Crippen MR) is 313 cm³/mol. The molecular weight excluding hydrogens is 969 g/mol. The maximum absolute atomic E-state index is 2.99. The van der Waals surface area contributed by atoms with Gasteiger partial charge in [0.1, 0.15) is 0 Å². The second-order valence-corrected chi connectivity index (χ2v) is 37.2. The van der Waals surface area contributed by atoms with E-state index in [1.807, 2.05) is 209 Å². The van der Waals surface area contributed by atoms with Crippen LogP contribution >= 0.6 is 11.8 Å². The minimum absolute atomic E-state index is 0.00287. The van der Waals surface area contributed by atoms with Gasteiger partial charge in [-0.25, -0.2) is 0 Å². The highest BCUT2D eigenvalue weighted by atomic mass is 32.2. The van der Waals surface area contributed by atoms with E-state index >= 15 is 0 Å². The van der Waals surface area contributed by atoms with Crippen LogP contribution in [0.5, 0.6) is 0 Å². The molecule has 2 spiro atoms. The molecule has 0 nitrogen and oxygen atoms in total. The minimum Gasteiger partial charge on any atom is -0.112 e. The fourth-order valence-electron chi connectivity index (χ4n) is 34.1. The van der Waals surface area contributed by atoms with Crippen LogP contribution in [0.1, 0.15) is 302 Å². The topological polar surface area (TPSA) is 0 Å². The van der Waals surface area contributed by atoms with E-state index in [9.17, 15) is 0 Å². The molecule has 23 aliphatic rings. The molecule has 11 aromatic rings. The summed E-state index contributed by atoms with van der Waals surface area (Å²) in [7, 11) is 0. The molecule has 0 radical (unpaired) electrons. The number of benzene rings is 10. The quantitative estimate of drug-likeness (QED) is 0.136. The normalized spacial score (nSPS) is 44.6. The highest BCUT2D eigenvalue weighted by Crippen LogP contribution is 3.01. The summed E-state index contributed by atoms with van der Waals surface area (Å²) in [5.41, 5.74) is 51.7. The van der Waals surface area contributed by atoms with E-state index in [1.165, 1.54) is 0 Å². The molecule has 0 aromatic heterocycles. The van der Waals surface area contributed by atoms with Crippen molar-refractivity contribution < 1.29 is 0 Å². The Labute approximate surface area is 457 Å². The van der Waals surface area contributed by atoms with Crippen LogP contribution in [-0.4, -0.2) is 0 Å². The molecule has 1 fully saturated rings. The number of rotatable bonds is 0. The van der Waals surface area contributed by atoms with Crippen molar-refractivity contribution in [2.45, 2.75) is 200 Å². The van der Waals surface area contributed by atoms with Crippen LogP contribution in [0.2, 0.25) is 0 Å². The lowest BCUT2D eigenvalue weighted by Crippen LogP contribution is -2.62. The first kappa shape index (κ1) is 34.8. The van der Waals surface area contributed by atoms with Crippen LogP contribution < -0.4 is 0 Å². The van der Waals surface area contributed by atoms with Gasteiger partial charge < -0.3 is 0 Å². The summed E-state index contributed by atoms with van der Waals surface area (Å²) in [4.78, 5) is 1.77. The molecule has 1 heterocycles. The fourth-order valence-corrected chi connectivity index (χ4v) is 36.2. The Bertz CT molecular complexity index is 5870. The molecule has 1 aliphatic heterocycles. The van der Waals surface area contributed by atoms with Crippen molar-refractivity contribution in [3.05, 3.63) is 140 Å². The number of hydrogen-bond donors (Lipinski definition) is 0. The van der Waals surface area contributed by atoms with E-state index in [-0.39, 0.29) is 26.4 Å². The second kappa shape index (κ2) is 8.01. The van der Waals surface area contributed by atoms with Crippen LogP contribution in [-0.2, 0) is 26.4 Å². The van der Waals surface area contributed by atoms with Gasteiger partial charge in [0, 0.05) is 10.3 Å². The van der Waals surface area contributed by atoms with E-state index in [0.29, 0.717) is 118 Å². The molecule has 0 amide bonds. The average Bonchev–Trinajstić information content (AvgIpc) is 1.91. The molecule has 366 valence electrons. The van der Waals surface area contributed by atoms with Crippen molar-refractivity contribution in [3.8, 4) is 11.1 Å². The zero-order chi connectivity index (χ0) is 49.3. The van der Waals surface area contributed by atoms with Crippen LogP contribution in [0.25, 0.3) is 97.3 Å². The van der Waals surface area contributed by atoms with Gasteiger partial charge in [0.2, 0.25) is 0 Å². The van der Waals surface area contributed by atoms with Crippen molar-refractivity contribution >= 4 is 97.9 Å². The monoisotopic (exact) mass is 1020 g/mol. The van der Waals surface area contributed by atoms with Crippen molar-refractivity contribution in [1.82, 2.24) is 0 Å². The molecule has 34 rings (SSSR count). The minimum atomic E-state index is -0.0699. The Morgan fingerprint density at radius 1 is 0.278 bits per heavy atom. The summed E-state index contributed by atoms with van der Waals surface area (Å²) in [6, 6.07) is 2.99. The van der Waals surface area contributed by atoms with E-state index in [0.717, 1.165) is 0 Å². The van der Waals surface area contributed by atoms with E-state index in [4.69, 9.17) is 0 Å². The molecule has 22 unspecified atom stereocenters. The smallest absolute Gasteiger partial charge is 0.0645 e. The van der Waals surface area contributed by atoms with Crippen molar-refractivity contribution in [2.75, 3.05) is 0 Å². The molecule has 1 heteroatoms. The number of hydrogen-bond acceptors (Lipinski definition) is 1. The summed E-state index contributed by atoms with van der Waals surface area (Å²) in [5.74, 6) is 12.8. The van der Waals surface area contributed by atoms with Gasteiger partial charge in [-0.2, -0.15) is 0 Å². The Morgan fingerprint density at radius 3 is 0.962 bits per heavy atom. The van der Waals surface area contributed by atoms with E-state index in [1.54, 1.807) is 16.0 Å². The van der Waals surface area contributed by atoms with Crippen LogP contribution in [0.3, 0.4) is 0 Å². The lowest BCUT2D eigenvalue weighted by atomic mass is 9.38. The summed E-state index contributed by atoms with van der Waals surface area (Å²) >= 11 is 2.64. The fraction of sp³-hybridized carbons (Fsp3) is 0.436. The third-order valence-electron chi connectivity index (χ3n) is 32.8. The largest absolute Gasteiger partial charge is 0.112 e. The Balaban J connectivity index is 0.969. The zero-order valence-electron chi connectivity index (χ0n) is 45.5. The Kier molecular flexibility index (Phi) is 3.53. The highest BCUT2D eigenvalue weighted by molar-refractivity contribution is 8.00. The first-order valence-electron chi connectivity index (χ1n) is 32.4. The second-order valence-electron chi connectivity index (χ2n) is 35.9. The van der Waals surface area contributed by atoms with Gasteiger partial charge in [0.05, 0.1) is 4.75 Å².